The zero-order chi connectivity index (χ0) is 16.0. The molecule has 1 aliphatic rings. The van der Waals surface area contributed by atoms with E-state index >= 15 is 0 Å². The maximum absolute atomic E-state index is 11.2. The van der Waals surface area contributed by atoms with Gasteiger partial charge in [0, 0.05) is 13.1 Å². The topological polar surface area (TPSA) is 49.4 Å². The van der Waals surface area contributed by atoms with Crippen molar-refractivity contribution in [3.8, 4) is 0 Å². The molecule has 0 amide bonds. The Balaban J connectivity index is 1.73. The fourth-order valence-electron chi connectivity index (χ4n) is 3.17. The molecular weight excluding hydrogens is 296 g/mol. The maximum Gasteiger partial charge on any atom is 0.208 e. The second kappa shape index (κ2) is 8.09. The molecule has 124 valence electrons. The monoisotopic (exact) mass is 324 g/mol. The highest BCUT2D eigenvalue weighted by molar-refractivity contribution is 7.88. The number of likely N-dealkylation sites (tertiary alicyclic amines) is 1. The number of sulfonamides is 1. The molecule has 0 unspecified atom stereocenters. The van der Waals surface area contributed by atoms with E-state index in [1.54, 1.807) is 0 Å². The molecule has 0 radical (unpaired) electrons. The summed E-state index contributed by atoms with van der Waals surface area (Å²) in [6.45, 7) is 6.00. The Morgan fingerprint density at radius 3 is 2.82 bits per heavy atom. The Morgan fingerprint density at radius 1 is 1.32 bits per heavy atom. The Hall–Kier alpha value is -0.910. The summed E-state index contributed by atoms with van der Waals surface area (Å²) in [6, 6.07) is 8.58. The van der Waals surface area contributed by atoms with Crippen LogP contribution in [0.5, 0.6) is 0 Å². The summed E-state index contributed by atoms with van der Waals surface area (Å²) in [5, 5.41) is 0. The van der Waals surface area contributed by atoms with E-state index in [-0.39, 0.29) is 0 Å². The van der Waals surface area contributed by atoms with Crippen molar-refractivity contribution in [2.45, 2.75) is 32.6 Å². The van der Waals surface area contributed by atoms with Gasteiger partial charge in [0.25, 0.3) is 0 Å². The first-order chi connectivity index (χ1) is 10.4. The molecule has 5 heteroatoms. The molecule has 4 nitrogen and oxygen atoms in total. The summed E-state index contributed by atoms with van der Waals surface area (Å²) in [7, 11) is -3.07. The Bertz CT molecular complexity index is 572. The third-order valence-electron chi connectivity index (χ3n) is 4.42. The van der Waals surface area contributed by atoms with Gasteiger partial charge in [-0.2, -0.15) is 0 Å². The average Bonchev–Trinajstić information content (AvgIpc) is 2.47. The highest BCUT2D eigenvalue weighted by Gasteiger charge is 2.20. The summed E-state index contributed by atoms with van der Waals surface area (Å²) in [5.74, 6) is 0.446. The molecule has 1 atom stereocenters. The third kappa shape index (κ3) is 6.07. The molecule has 0 aromatic heterocycles. The van der Waals surface area contributed by atoms with Gasteiger partial charge >= 0.3 is 0 Å². The number of nitrogens with zero attached hydrogens (tertiary/aromatic N) is 1. The molecule has 1 aliphatic heterocycles. The first-order valence-electron chi connectivity index (χ1n) is 8.15. The zero-order valence-electron chi connectivity index (χ0n) is 13.7. The summed E-state index contributed by atoms with van der Waals surface area (Å²) in [6.07, 6.45) is 5.81. The smallest absolute Gasteiger partial charge is 0.208 e. The van der Waals surface area contributed by atoms with Crippen molar-refractivity contribution in [1.29, 1.82) is 0 Å². The van der Waals surface area contributed by atoms with Gasteiger partial charge < -0.3 is 4.90 Å². The first kappa shape index (κ1) is 17.4. The third-order valence-corrected chi connectivity index (χ3v) is 5.11. The van der Waals surface area contributed by atoms with Crippen LogP contribution in [0.3, 0.4) is 0 Å². The van der Waals surface area contributed by atoms with Crippen LogP contribution >= 0.6 is 0 Å². The Morgan fingerprint density at radius 2 is 2.09 bits per heavy atom. The van der Waals surface area contributed by atoms with Gasteiger partial charge in [0.2, 0.25) is 10.0 Å². The lowest BCUT2D eigenvalue weighted by molar-refractivity contribution is 0.174. The number of hydrogen-bond acceptors (Lipinski definition) is 3. The molecule has 1 heterocycles. The first-order valence-corrected chi connectivity index (χ1v) is 10.0. The second-order valence-corrected chi connectivity index (χ2v) is 8.29. The lowest BCUT2D eigenvalue weighted by atomic mass is 9.97. The van der Waals surface area contributed by atoms with Gasteiger partial charge in [0.15, 0.2) is 0 Å². The van der Waals surface area contributed by atoms with Gasteiger partial charge in [-0.1, -0.05) is 24.3 Å². The van der Waals surface area contributed by atoms with Crippen LogP contribution in [0.15, 0.2) is 24.3 Å². The van der Waals surface area contributed by atoms with Crippen LogP contribution in [0.1, 0.15) is 30.4 Å². The van der Waals surface area contributed by atoms with Gasteiger partial charge in [-0.05, 0) is 62.7 Å². The average molecular weight is 324 g/mol. The summed E-state index contributed by atoms with van der Waals surface area (Å²) in [4.78, 5) is 2.48. The molecule has 1 fully saturated rings. The van der Waals surface area contributed by atoms with Crippen molar-refractivity contribution >= 4 is 10.0 Å². The summed E-state index contributed by atoms with van der Waals surface area (Å²) < 4.78 is 25.0. The van der Waals surface area contributed by atoms with Gasteiger partial charge in [0.1, 0.15) is 0 Å². The number of benzene rings is 1. The highest BCUT2D eigenvalue weighted by atomic mass is 32.2. The molecule has 1 saturated heterocycles. The molecule has 0 bridgehead atoms. The molecule has 0 aliphatic carbocycles. The van der Waals surface area contributed by atoms with Crippen LogP contribution in [0, 0.1) is 12.8 Å². The van der Waals surface area contributed by atoms with Gasteiger partial charge in [-0.25, -0.2) is 13.1 Å². The molecule has 0 spiro atoms. The van der Waals surface area contributed by atoms with E-state index in [0.29, 0.717) is 12.5 Å². The highest BCUT2D eigenvalue weighted by Crippen LogP contribution is 2.17. The lowest BCUT2D eigenvalue weighted by Gasteiger charge is -2.32. The number of piperidine rings is 1. The van der Waals surface area contributed by atoms with Crippen molar-refractivity contribution in [3.05, 3.63) is 35.4 Å². The van der Waals surface area contributed by atoms with E-state index in [9.17, 15) is 8.42 Å². The van der Waals surface area contributed by atoms with Crippen LogP contribution in [0.2, 0.25) is 0 Å². The lowest BCUT2D eigenvalue weighted by Crippen LogP contribution is -2.41. The van der Waals surface area contributed by atoms with Crippen molar-refractivity contribution in [2.24, 2.45) is 5.92 Å². The van der Waals surface area contributed by atoms with E-state index in [4.69, 9.17) is 0 Å². The molecular formula is C17H28N2O2S. The molecule has 2 rings (SSSR count). The van der Waals surface area contributed by atoms with Crippen LogP contribution in [0.4, 0.5) is 0 Å². The SMILES string of the molecule is Cc1ccccc1CCCN1CCC[C@H](CNS(C)(=O)=O)C1. The summed E-state index contributed by atoms with van der Waals surface area (Å²) in [5.41, 5.74) is 2.81. The van der Waals surface area contributed by atoms with Crippen molar-refractivity contribution in [1.82, 2.24) is 9.62 Å². The van der Waals surface area contributed by atoms with Crippen LogP contribution in [0.25, 0.3) is 0 Å². The van der Waals surface area contributed by atoms with E-state index in [1.165, 1.54) is 23.8 Å². The normalized spacial score (nSPS) is 20.2. The fraction of sp³-hybridized carbons (Fsp3) is 0.647. The van der Waals surface area contributed by atoms with E-state index in [0.717, 1.165) is 38.9 Å². The quantitative estimate of drug-likeness (QED) is 0.836. The molecule has 1 aromatic rings. The number of nitrogens with one attached hydrogen (secondary N) is 1. The van der Waals surface area contributed by atoms with Gasteiger partial charge in [-0.15, -0.1) is 0 Å². The minimum Gasteiger partial charge on any atom is -0.303 e. The molecule has 0 saturated carbocycles. The second-order valence-electron chi connectivity index (χ2n) is 6.46. The fourth-order valence-corrected chi connectivity index (χ4v) is 3.71. The number of hydrogen-bond donors (Lipinski definition) is 1. The Kier molecular flexibility index (Phi) is 6.41. The minimum absolute atomic E-state index is 0.446. The van der Waals surface area contributed by atoms with Crippen molar-refractivity contribution in [3.63, 3.8) is 0 Å². The largest absolute Gasteiger partial charge is 0.303 e. The molecule has 1 N–H and O–H groups in total. The van der Waals surface area contributed by atoms with Gasteiger partial charge in [-0.3, -0.25) is 0 Å². The van der Waals surface area contributed by atoms with E-state index in [1.807, 2.05) is 0 Å². The number of rotatable bonds is 7. The molecule has 22 heavy (non-hydrogen) atoms. The van der Waals surface area contributed by atoms with Crippen LogP contribution in [-0.2, 0) is 16.4 Å². The van der Waals surface area contributed by atoms with Gasteiger partial charge in [0.05, 0.1) is 6.26 Å². The Labute approximate surface area is 135 Å². The molecule has 1 aromatic carbocycles. The van der Waals surface area contributed by atoms with E-state index in [2.05, 4.69) is 40.8 Å². The maximum atomic E-state index is 11.2. The standard InChI is InChI=1S/C17H28N2O2S/c1-15-7-3-4-9-17(15)10-6-12-19-11-5-8-16(14-19)13-18-22(2,20)21/h3-4,7,9,16,18H,5-6,8,10-14H2,1-2H3/t16-/m1/s1. The van der Waals surface area contributed by atoms with Crippen molar-refractivity contribution < 1.29 is 8.42 Å². The summed E-state index contributed by atoms with van der Waals surface area (Å²) >= 11 is 0. The minimum atomic E-state index is -3.07. The predicted octanol–water partition coefficient (Wildman–Crippen LogP) is 2.19. The van der Waals surface area contributed by atoms with Crippen LogP contribution < -0.4 is 4.72 Å². The predicted molar refractivity (Wildman–Crippen MR) is 91.5 cm³/mol. The van der Waals surface area contributed by atoms with Crippen molar-refractivity contribution in [2.75, 3.05) is 32.4 Å². The van der Waals surface area contributed by atoms with E-state index < -0.39 is 10.0 Å². The number of aryl methyl sites for hydroxylation is 2. The van der Waals surface area contributed by atoms with Crippen LogP contribution in [-0.4, -0.2) is 45.8 Å². The zero-order valence-corrected chi connectivity index (χ0v) is 14.5.